The van der Waals surface area contributed by atoms with E-state index in [9.17, 15) is 8.42 Å². The lowest BCUT2D eigenvalue weighted by Crippen LogP contribution is -2.27. The van der Waals surface area contributed by atoms with Crippen LogP contribution >= 0.6 is 0 Å². The van der Waals surface area contributed by atoms with Crippen molar-refractivity contribution in [3.63, 3.8) is 0 Å². The van der Waals surface area contributed by atoms with E-state index in [2.05, 4.69) is 5.16 Å². The molecule has 0 bridgehead atoms. The lowest BCUT2D eigenvalue weighted by atomic mass is 10.2. The van der Waals surface area contributed by atoms with E-state index < -0.39 is 10.0 Å². The number of sulfonamides is 1. The van der Waals surface area contributed by atoms with E-state index in [4.69, 9.17) is 10.3 Å². The highest BCUT2D eigenvalue weighted by Gasteiger charge is 2.24. The zero-order valence-electron chi connectivity index (χ0n) is 11.6. The van der Waals surface area contributed by atoms with Crippen LogP contribution in [-0.2, 0) is 16.6 Å². The molecule has 0 unspecified atom stereocenters. The SMILES string of the molecule is Cc1cc(CN(C)S(=O)(=O)c2cccc(N)c2C)no1. The fourth-order valence-corrected chi connectivity index (χ4v) is 3.28. The maximum absolute atomic E-state index is 12.5. The molecule has 1 aromatic heterocycles. The predicted molar refractivity (Wildman–Crippen MR) is 75.5 cm³/mol. The van der Waals surface area contributed by atoms with Gasteiger partial charge in [0.2, 0.25) is 10.0 Å². The third-order valence-corrected chi connectivity index (χ3v) is 5.02. The second-order valence-electron chi connectivity index (χ2n) is 4.66. The van der Waals surface area contributed by atoms with Crippen LogP contribution in [0, 0.1) is 13.8 Å². The van der Waals surface area contributed by atoms with Crippen LogP contribution in [0.1, 0.15) is 17.0 Å². The van der Waals surface area contributed by atoms with Crippen molar-refractivity contribution in [3.05, 3.63) is 41.3 Å². The van der Waals surface area contributed by atoms with Crippen molar-refractivity contribution >= 4 is 15.7 Å². The highest BCUT2D eigenvalue weighted by molar-refractivity contribution is 7.89. The zero-order valence-corrected chi connectivity index (χ0v) is 12.4. The number of hydrogen-bond acceptors (Lipinski definition) is 5. The van der Waals surface area contributed by atoms with Gasteiger partial charge in [0.1, 0.15) is 5.76 Å². The molecule has 0 saturated carbocycles. The Labute approximate surface area is 118 Å². The number of hydrogen-bond donors (Lipinski definition) is 1. The molecule has 6 nitrogen and oxygen atoms in total. The van der Waals surface area contributed by atoms with E-state index in [1.807, 2.05) is 0 Å². The van der Waals surface area contributed by atoms with E-state index in [1.165, 1.54) is 11.4 Å². The minimum atomic E-state index is -3.61. The Morgan fingerprint density at radius 3 is 2.65 bits per heavy atom. The Hall–Kier alpha value is -1.86. The van der Waals surface area contributed by atoms with E-state index in [0.717, 1.165) is 0 Å². The number of nitrogens with two attached hydrogens (primary N) is 1. The first kappa shape index (κ1) is 14.5. The van der Waals surface area contributed by atoms with Gasteiger partial charge < -0.3 is 10.3 Å². The Kier molecular flexibility index (Phi) is 3.82. The van der Waals surface area contributed by atoms with Crippen molar-refractivity contribution in [2.24, 2.45) is 0 Å². The fourth-order valence-electron chi connectivity index (χ4n) is 1.88. The van der Waals surface area contributed by atoms with Gasteiger partial charge in [0.25, 0.3) is 0 Å². The molecular formula is C13H17N3O3S. The molecule has 0 atom stereocenters. The van der Waals surface area contributed by atoms with Crippen LogP contribution in [0.3, 0.4) is 0 Å². The summed E-state index contributed by atoms with van der Waals surface area (Å²) in [4.78, 5) is 0.209. The van der Waals surface area contributed by atoms with Gasteiger partial charge >= 0.3 is 0 Å². The summed E-state index contributed by atoms with van der Waals surface area (Å²) in [6.07, 6.45) is 0. The van der Waals surface area contributed by atoms with Crippen LogP contribution in [0.5, 0.6) is 0 Å². The number of anilines is 1. The van der Waals surface area contributed by atoms with Gasteiger partial charge in [-0.3, -0.25) is 0 Å². The minimum absolute atomic E-state index is 0.147. The average Bonchev–Trinajstić information content (AvgIpc) is 2.78. The summed E-state index contributed by atoms with van der Waals surface area (Å²) in [6.45, 7) is 3.59. The molecule has 7 heteroatoms. The zero-order chi connectivity index (χ0) is 14.9. The molecule has 2 aromatic rings. The van der Waals surface area contributed by atoms with Gasteiger partial charge in [0.05, 0.1) is 17.1 Å². The number of rotatable bonds is 4. The molecule has 0 amide bonds. The second kappa shape index (κ2) is 5.26. The molecule has 0 radical (unpaired) electrons. The third kappa shape index (κ3) is 2.68. The third-order valence-electron chi connectivity index (χ3n) is 3.08. The first-order valence-corrected chi connectivity index (χ1v) is 7.50. The molecule has 0 aliphatic heterocycles. The number of aryl methyl sites for hydroxylation is 1. The van der Waals surface area contributed by atoms with Crippen molar-refractivity contribution < 1.29 is 12.9 Å². The maximum Gasteiger partial charge on any atom is 0.243 e. The first-order valence-electron chi connectivity index (χ1n) is 6.06. The summed E-state index contributed by atoms with van der Waals surface area (Å²) in [5.41, 5.74) is 7.33. The van der Waals surface area contributed by atoms with Gasteiger partial charge in [-0.2, -0.15) is 4.31 Å². The normalized spacial score (nSPS) is 12.0. The lowest BCUT2D eigenvalue weighted by Gasteiger charge is -2.17. The summed E-state index contributed by atoms with van der Waals surface area (Å²) in [7, 11) is -2.11. The molecule has 0 aliphatic carbocycles. The Bertz CT molecular complexity index is 722. The number of nitrogens with zero attached hydrogens (tertiary/aromatic N) is 2. The van der Waals surface area contributed by atoms with E-state index in [1.54, 1.807) is 38.1 Å². The molecule has 0 spiro atoms. The summed E-state index contributed by atoms with van der Waals surface area (Å²) in [5, 5.41) is 3.80. The monoisotopic (exact) mass is 295 g/mol. The highest BCUT2D eigenvalue weighted by Crippen LogP contribution is 2.24. The molecule has 0 aliphatic rings. The second-order valence-corrected chi connectivity index (χ2v) is 6.67. The quantitative estimate of drug-likeness (QED) is 0.867. The maximum atomic E-state index is 12.5. The van der Waals surface area contributed by atoms with Crippen molar-refractivity contribution in [1.82, 2.24) is 9.46 Å². The molecule has 0 fully saturated rings. The van der Waals surface area contributed by atoms with Crippen LogP contribution in [-0.4, -0.2) is 24.9 Å². The van der Waals surface area contributed by atoms with Gasteiger partial charge in [-0.15, -0.1) is 0 Å². The first-order chi connectivity index (χ1) is 9.32. The van der Waals surface area contributed by atoms with Gasteiger partial charge in [-0.05, 0) is 31.5 Å². The van der Waals surface area contributed by atoms with Crippen molar-refractivity contribution in [2.45, 2.75) is 25.3 Å². The van der Waals surface area contributed by atoms with Crippen LogP contribution in [0.4, 0.5) is 5.69 Å². The molecule has 0 saturated heterocycles. The van der Waals surface area contributed by atoms with Gasteiger partial charge in [-0.25, -0.2) is 8.42 Å². The molecule has 2 rings (SSSR count). The molecule has 1 heterocycles. The van der Waals surface area contributed by atoms with Crippen LogP contribution in [0.15, 0.2) is 33.7 Å². The van der Waals surface area contributed by atoms with Crippen LogP contribution in [0.25, 0.3) is 0 Å². The standard InChI is InChI=1S/C13H17N3O3S/c1-9-7-11(15-19-9)8-16(3)20(17,18)13-6-4-5-12(14)10(13)2/h4-7H,8,14H2,1-3H3. The van der Waals surface area contributed by atoms with E-state index >= 15 is 0 Å². The number of nitrogen functional groups attached to an aromatic ring is 1. The summed E-state index contributed by atoms with van der Waals surface area (Å²) < 4.78 is 31.2. The topological polar surface area (TPSA) is 89.4 Å². The van der Waals surface area contributed by atoms with E-state index in [0.29, 0.717) is 22.7 Å². The van der Waals surface area contributed by atoms with Gasteiger partial charge in [0, 0.05) is 18.8 Å². The Balaban J connectivity index is 2.32. The van der Waals surface area contributed by atoms with Crippen molar-refractivity contribution in [1.29, 1.82) is 0 Å². The van der Waals surface area contributed by atoms with Gasteiger partial charge in [0.15, 0.2) is 0 Å². The number of aromatic nitrogens is 1. The van der Waals surface area contributed by atoms with Crippen LogP contribution < -0.4 is 5.73 Å². The van der Waals surface area contributed by atoms with Crippen LogP contribution in [0.2, 0.25) is 0 Å². The predicted octanol–water partition coefficient (Wildman–Crippen LogP) is 1.69. The van der Waals surface area contributed by atoms with Gasteiger partial charge in [-0.1, -0.05) is 11.2 Å². The molecular weight excluding hydrogens is 278 g/mol. The average molecular weight is 295 g/mol. The lowest BCUT2D eigenvalue weighted by molar-refractivity contribution is 0.378. The summed E-state index contributed by atoms with van der Waals surface area (Å²) >= 11 is 0. The summed E-state index contributed by atoms with van der Waals surface area (Å²) in [5.74, 6) is 0.644. The molecule has 1 aromatic carbocycles. The minimum Gasteiger partial charge on any atom is -0.398 e. The largest absolute Gasteiger partial charge is 0.398 e. The Morgan fingerprint density at radius 2 is 2.05 bits per heavy atom. The Morgan fingerprint density at radius 1 is 1.35 bits per heavy atom. The smallest absolute Gasteiger partial charge is 0.243 e. The van der Waals surface area contributed by atoms with E-state index in [-0.39, 0.29) is 11.4 Å². The summed E-state index contributed by atoms with van der Waals surface area (Å²) in [6, 6.07) is 6.56. The van der Waals surface area contributed by atoms with Crippen molar-refractivity contribution in [2.75, 3.05) is 12.8 Å². The fraction of sp³-hybridized carbons (Fsp3) is 0.308. The number of benzene rings is 1. The molecule has 2 N–H and O–H groups in total. The highest BCUT2D eigenvalue weighted by atomic mass is 32.2. The molecule has 108 valence electrons. The van der Waals surface area contributed by atoms with Crippen molar-refractivity contribution in [3.8, 4) is 0 Å². The molecule has 20 heavy (non-hydrogen) atoms.